The molecule has 0 amide bonds. The number of hydrogen-bond donors (Lipinski definition) is 1. The van der Waals surface area contributed by atoms with Gasteiger partial charge in [-0.05, 0) is 44.0 Å². The highest BCUT2D eigenvalue weighted by atomic mass is 35.6. The molecule has 1 aromatic carbocycles. The number of carbonyl (C=O) groups is 1. The van der Waals surface area contributed by atoms with Crippen molar-refractivity contribution in [2.24, 2.45) is 5.92 Å². The Balaban J connectivity index is 1.77. The Hall–Kier alpha value is -0.960. The van der Waals surface area contributed by atoms with E-state index in [1.165, 1.54) is 0 Å². The lowest BCUT2D eigenvalue weighted by atomic mass is 9.81. The molecule has 3 aliphatic heterocycles. The summed E-state index contributed by atoms with van der Waals surface area (Å²) in [5.41, 5.74) is 0.848. The number of aliphatic hydroxyl groups excluding tert-OH is 1. The molecule has 0 radical (unpaired) electrons. The molecular weight excluding hydrogens is 385 g/mol. The summed E-state index contributed by atoms with van der Waals surface area (Å²) in [4.78, 5) is 14.4. The van der Waals surface area contributed by atoms with Crippen molar-refractivity contribution in [1.29, 1.82) is 0 Å². The molecule has 4 rings (SSSR count). The molecular formula is C18H18Cl3NO3. The molecule has 3 fully saturated rings. The maximum Gasteiger partial charge on any atom is 0.339 e. The van der Waals surface area contributed by atoms with E-state index in [2.05, 4.69) is 16.7 Å². The summed E-state index contributed by atoms with van der Waals surface area (Å²) in [5.74, 6) is 5.87. The smallest absolute Gasteiger partial charge is 0.339 e. The molecule has 4 nitrogen and oxygen atoms in total. The summed E-state index contributed by atoms with van der Waals surface area (Å²) < 4.78 is 3.38. The summed E-state index contributed by atoms with van der Waals surface area (Å²) in [6.07, 6.45) is 1.58. The lowest BCUT2D eigenvalue weighted by Crippen LogP contribution is -2.57. The first-order valence-electron chi connectivity index (χ1n) is 8.12. The summed E-state index contributed by atoms with van der Waals surface area (Å²) in [7, 11) is 0. The van der Waals surface area contributed by atoms with Gasteiger partial charge in [-0.25, -0.2) is 4.79 Å². The number of piperidine rings is 3. The molecule has 7 heteroatoms. The third-order valence-electron chi connectivity index (χ3n) is 4.64. The number of carbonyl (C=O) groups excluding carboxylic acids is 1. The summed E-state index contributed by atoms with van der Waals surface area (Å²) in [6.45, 7) is 1.57. The predicted octanol–water partition coefficient (Wildman–Crippen LogP) is 3.02. The van der Waals surface area contributed by atoms with E-state index in [-0.39, 0.29) is 12.6 Å². The van der Waals surface area contributed by atoms with Crippen LogP contribution in [0.15, 0.2) is 24.3 Å². The Morgan fingerprint density at radius 1 is 1.28 bits per heavy atom. The standard InChI is InChI=1S/C18H18Cl3NO3/c19-18(20,21)11-25-17(24)14-4-2-1-3-12(14)5-6-15-16(23)13-7-9-22(15)10-8-13/h1-4,13,15-16,23H,7-11H2. The summed E-state index contributed by atoms with van der Waals surface area (Å²) in [6, 6.07) is 6.67. The monoisotopic (exact) mass is 401 g/mol. The van der Waals surface area contributed by atoms with Crippen molar-refractivity contribution in [3.05, 3.63) is 35.4 Å². The number of esters is 1. The number of ether oxygens (including phenoxy) is 1. The summed E-state index contributed by atoms with van der Waals surface area (Å²) >= 11 is 16.8. The third-order valence-corrected chi connectivity index (χ3v) is 4.97. The molecule has 3 saturated heterocycles. The number of fused-ring (bicyclic) bond motifs is 3. The lowest BCUT2D eigenvalue weighted by Gasteiger charge is -2.46. The minimum Gasteiger partial charge on any atom is -0.458 e. The van der Waals surface area contributed by atoms with Crippen molar-refractivity contribution in [3.63, 3.8) is 0 Å². The maximum absolute atomic E-state index is 12.2. The van der Waals surface area contributed by atoms with Crippen molar-refractivity contribution in [1.82, 2.24) is 4.90 Å². The van der Waals surface area contributed by atoms with Gasteiger partial charge in [0.25, 0.3) is 0 Å². The first-order valence-corrected chi connectivity index (χ1v) is 9.25. The van der Waals surface area contributed by atoms with Crippen LogP contribution in [0, 0.1) is 17.8 Å². The van der Waals surface area contributed by atoms with E-state index in [1.807, 2.05) is 0 Å². The topological polar surface area (TPSA) is 49.8 Å². The van der Waals surface area contributed by atoms with Crippen LogP contribution in [0.2, 0.25) is 0 Å². The first kappa shape index (κ1) is 18.8. The fourth-order valence-corrected chi connectivity index (χ4v) is 3.50. The molecule has 2 unspecified atom stereocenters. The summed E-state index contributed by atoms with van der Waals surface area (Å²) in [5, 5.41) is 10.4. The van der Waals surface area contributed by atoms with Crippen LogP contribution < -0.4 is 0 Å². The van der Waals surface area contributed by atoms with Gasteiger partial charge in [-0.15, -0.1) is 0 Å². The first-order chi connectivity index (χ1) is 11.8. The molecule has 0 saturated carbocycles. The van der Waals surface area contributed by atoms with Gasteiger partial charge in [0.15, 0.2) is 0 Å². The molecule has 3 aliphatic rings. The van der Waals surface area contributed by atoms with Gasteiger partial charge in [-0.2, -0.15) is 0 Å². The highest BCUT2D eigenvalue weighted by Gasteiger charge is 2.40. The number of nitrogens with zero attached hydrogens (tertiary/aromatic N) is 1. The Labute approximate surface area is 162 Å². The molecule has 3 heterocycles. The second-order valence-corrected chi connectivity index (χ2v) is 8.83. The molecule has 134 valence electrons. The van der Waals surface area contributed by atoms with Gasteiger partial charge in [-0.3, -0.25) is 4.90 Å². The number of aliphatic hydroxyl groups is 1. The Morgan fingerprint density at radius 2 is 1.96 bits per heavy atom. The quantitative estimate of drug-likeness (QED) is 0.469. The van der Waals surface area contributed by atoms with Crippen molar-refractivity contribution < 1.29 is 14.6 Å². The van der Waals surface area contributed by atoms with Crippen LogP contribution in [0.4, 0.5) is 0 Å². The van der Waals surface area contributed by atoms with E-state index >= 15 is 0 Å². The molecule has 2 bridgehead atoms. The number of hydrogen-bond acceptors (Lipinski definition) is 4. The average molecular weight is 403 g/mol. The van der Waals surface area contributed by atoms with Gasteiger partial charge in [0, 0.05) is 5.56 Å². The van der Waals surface area contributed by atoms with Gasteiger partial charge in [0.2, 0.25) is 3.79 Å². The zero-order valence-electron chi connectivity index (χ0n) is 13.4. The van der Waals surface area contributed by atoms with Crippen LogP contribution in [-0.2, 0) is 4.74 Å². The third kappa shape index (κ3) is 4.61. The maximum atomic E-state index is 12.2. The lowest BCUT2D eigenvalue weighted by molar-refractivity contribution is -0.0500. The predicted molar refractivity (Wildman–Crippen MR) is 98.0 cm³/mol. The fourth-order valence-electron chi connectivity index (χ4n) is 3.34. The van der Waals surface area contributed by atoms with Crippen molar-refractivity contribution >= 4 is 40.8 Å². The number of rotatable bonds is 2. The van der Waals surface area contributed by atoms with E-state index in [0.717, 1.165) is 25.9 Å². The van der Waals surface area contributed by atoms with Crippen LogP contribution >= 0.6 is 34.8 Å². The molecule has 1 N–H and O–H groups in total. The van der Waals surface area contributed by atoms with Crippen molar-refractivity contribution in [2.75, 3.05) is 19.7 Å². The molecule has 0 spiro atoms. The van der Waals surface area contributed by atoms with Crippen LogP contribution in [-0.4, -0.2) is 51.6 Å². The largest absolute Gasteiger partial charge is 0.458 e. The van der Waals surface area contributed by atoms with Crippen LogP contribution in [0.5, 0.6) is 0 Å². The molecule has 25 heavy (non-hydrogen) atoms. The zero-order chi connectivity index (χ0) is 18.0. The van der Waals surface area contributed by atoms with E-state index in [9.17, 15) is 9.90 Å². The Bertz CT molecular complexity index is 697. The van der Waals surface area contributed by atoms with Crippen LogP contribution in [0.3, 0.4) is 0 Å². The normalized spacial score (nSPS) is 28.2. The Morgan fingerprint density at radius 3 is 2.60 bits per heavy atom. The average Bonchev–Trinajstić information content (AvgIpc) is 2.59. The Kier molecular flexibility index (Phi) is 5.82. The number of benzene rings is 1. The zero-order valence-corrected chi connectivity index (χ0v) is 15.7. The van der Waals surface area contributed by atoms with E-state index < -0.39 is 15.9 Å². The molecule has 0 aromatic heterocycles. The van der Waals surface area contributed by atoms with Gasteiger partial charge >= 0.3 is 5.97 Å². The van der Waals surface area contributed by atoms with Crippen molar-refractivity contribution in [3.8, 4) is 11.8 Å². The number of alkyl halides is 3. The van der Waals surface area contributed by atoms with Crippen LogP contribution in [0.25, 0.3) is 0 Å². The minimum atomic E-state index is -1.66. The fraction of sp³-hybridized carbons (Fsp3) is 0.500. The SMILES string of the molecule is O=C(OCC(Cl)(Cl)Cl)c1ccccc1C#CC1C(O)C2CCN1CC2. The van der Waals surface area contributed by atoms with E-state index in [4.69, 9.17) is 39.5 Å². The van der Waals surface area contributed by atoms with Gasteiger partial charge in [0.05, 0.1) is 17.7 Å². The molecule has 1 aromatic rings. The highest BCUT2D eigenvalue weighted by molar-refractivity contribution is 6.67. The van der Waals surface area contributed by atoms with Gasteiger partial charge in [0.1, 0.15) is 6.61 Å². The highest BCUT2D eigenvalue weighted by Crippen LogP contribution is 2.32. The minimum absolute atomic E-state index is 0.197. The van der Waals surface area contributed by atoms with E-state index in [0.29, 0.717) is 17.0 Å². The second kappa shape index (κ2) is 7.73. The number of halogens is 3. The van der Waals surface area contributed by atoms with Gasteiger partial charge in [-0.1, -0.05) is 58.8 Å². The van der Waals surface area contributed by atoms with Gasteiger partial charge < -0.3 is 9.84 Å². The second-order valence-electron chi connectivity index (χ2n) is 6.32. The van der Waals surface area contributed by atoms with Crippen LogP contribution in [0.1, 0.15) is 28.8 Å². The van der Waals surface area contributed by atoms with Crippen molar-refractivity contribution in [2.45, 2.75) is 28.8 Å². The molecule has 2 atom stereocenters. The van der Waals surface area contributed by atoms with E-state index in [1.54, 1.807) is 24.3 Å². The molecule has 0 aliphatic carbocycles.